The molecule has 0 spiro atoms. The number of aliphatic hydroxyl groups is 1. The third kappa shape index (κ3) is 3.19. The second-order valence-corrected chi connectivity index (χ2v) is 5.26. The van der Waals surface area contributed by atoms with E-state index in [1.807, 2.05) is 6.20 Å². The quantitative estimate of drug-likeness (QED) is 0.648. The van der Waals surface area contributed by atoms with E-state index in [9.17, 15) is 4.79 Å². The number of halogens is 1. The molecule has 2 aromatic heterocycles. The molecule has 0 amide bonds. The summed E-state index contributed by atoms with van der Waals surface area (Å²) in [5.74, 6) is -0.409. The summed E-state index contributed by atoms with van der Waals surface area (Å²) in [6.45, 7) is 3.08. The number of fused-ring (bicyclic) bond motifs is 1. The second kappa shape index (κ2) is 6.85. The molecule has 2 heterocycles. The lowest BCUT2D eigenvalue weighted by molar-refractivity contribution is 0.0519. The monoisotopic (exact) mass is 340 g/mol. The molecule has 0 atom stereocenters. The number of hydrogen-bond acceptors (Lipinski definition) is 4. The van der Waals surface area contributed by atoms with Crippen LogP contribution in [0.5, 0.6) is 0 Å². The van der Waals surface area contributed by atoms with Crippen molar-refractivity contribution in [2.75, 3.05) is 13.2 Å². The number of aromatic nitrogens is 2. The first-order valence-electron chi connectivity index (χ1n) is 6.59. The fourth-order valence-electron chi connectivity index (χ4n) is 2.04. The number of carbonyl (C=O) groups excluding carboxylic acids is 1. The lowest BCUT2D eigenvalue weighted by Gasteiger charge is -2.05. The zero-order valence-corrected chi connectivity index (χ0v) is 12.9. The number of pyridine rings is 1. The van der Waals surface area contributed by atoms with Gasteiger partial charge in [-0.15, -0.1) is 0 Å². The fourth-order valence-corrected chi connectivity index (χ4v) is 2.59. The van der Waals surface area contributed by atoms with Gasteiger partial charge in [0.05, 0.1) is 12.1 Å². The highest BCUT2D eigenvalue weighted by Crippen LogP contribution is 2.26. The van der Waals surface area contributed by atoms with Crippen molar-refractivity contribution in [1.29, 1.82) is 0 Å². The van der Waals surface area contributed by atoms with E-state index in [1.54, 1.807) is 19.2 Å². The molecule has 0 aliphatic rings. The van der Waals surface area contributed by atoms with Crippen LogP contribution >= 0.6 is 15.9 Å². The van der Waals surface area contributed by atoms with Crippen molar-refractivity contribution >= 4 is 32.8 Å². The van der Waals surface area contributed by atoms with Gasteiger partial charge in [0.1, 0.15) is 5.69 Å². The van der Waals surface area contributed by atoms with E-state index in [1.165, 1.54) is 0 Å². The van der Waals surface area contributed by atoms with Crippen LogP contribution in [0.4, 0.5) is 0 Å². The largest absolute Gasteiger partial charge is 0.461 e. The standard InChI is InChI=1S/C14H17BrN2O3/c1-2-20-14(19)12-7-13-10(8-16-12)11(15)9-17(13)5-3-4-6-18/h7-9,18H,2-6H2,1H3. The maximum atomic E-state index is 11.7. The van der Waals surface area contributed by atoms with Crippen molar-refractivity contribution in [2.24, 2.45) is 0 Å². The molecule has 1 N–H and O–H groups in total. The Bertz CT molecular complexity index is 610. The molecule has 0 aliphatic heterocycles. The number of aliphatic hydroxyl groups excluding tert-OH is 1. The van der Waals surface area contributed by atoms with E-state index >= 15 is 0 Å². The van der Waals surface area contributed by atoms with Crippen molar-refractivity contribution in [3.63, 3.8) is 0 Å². The molecule has 0 bridgehead atoms. The number of carbonyl (C=O) groups is 1. The third-order valence-electron chi connectivity index (χ3n) is 3.01. The van der Waals surface area contributed by atoms with Gasteiger partial charge in [0.15, 0.2) is 0 Å². The molecule has 5 nitrogen and oxygen atoms in total. The van der Waals surface area contributed by atoms with Crippen LogP contribution in [0.3, 0.4) is 0 Å². The summed E-state index contributed by atoms with van der Waals surface area (Å²) in [4.78, 5) is 15.9. The molecule has 0 unspecified atom stereocenters. The lowest BCUT2D eigenvalue weighted by Crippen LogP contribution is -2.07. The highest BCUT2D eigenvalue weighted by atomic mass is 79.9. The second-order valence-electron chi connectivity index (χ2n) is 4.41. The molecular formula is C14H17BrN2O3. The van der Waals surface area contributed by atoms with Crippen LogP contribution in [-0.2, 0) is 11.3 Å². The van der Waals surface area contributed by atoms with Crippen LogP contribution in [0.2, 0.25) is 0 Å². The average molecular weight is 341 g/mol. The number of aryl methyl sites for hydroxylation is 1. The van der Waals surface area contributed by atoms with Gasteiger partial charge in [-0.05, 0) is 41.8 Å². The van der Waals surface area contributed by atoms with Gasteiger partial charge < -0.3 is 14.4 Å². The molecule has 0 aliphatic carbocycles. The Kier molecular flexibility index (Phi) is 5.14. The number of hydrogen-bond donors (Lipinski definition) is 1. The van der Waals surface area contributed by atoms with Gasteiger partial charge >= 0.3 is 5.97 Å². The molecule has 0 saturated heterocycles. The van der Waals surface area contributed by atoms with Gasteiger partial charge in [-0.3, -0.25) is 0 Å². The van der Waals surface area contributed by atoms with E-state index in [0.717, 1.165) is 34.8 Å². The van der Waals surface area contributed by atoms with Crippen LogP contribution in [-0.4, -0.2) is 33.8 Å². The average Bonchev–Trinajstić information content (AvgIpc) is 2.76. The van der Waals surface area contributed by atoms with Crippen LogP contribution in [0, 0.1) is 0 Å². The van der Waals surface area contributed by atoms with E-state index < -0.39 is 5.97 Å². The van der Waals surface area contributed by atoms with Gasteiger partial charge in [0.2, 0.25) is 0 Å². The fraction of sp³-hybridized carbons (Fsp3) is 0.429. The number of nitrogens with zero attached hydrogens (tertiary/aromatic N) is 2. The smallest absolute Gasteiger partial charge is 0.356 e. The molecule has 20 heavy (non-hydrogen) atoms. The summed E-state index contributed by atoms with van der Waals surface area (Å²) < 4.78 is 7.97. The maximum Gasteiger partial charge on any atom is 0.356 e. The minimum absolute atomic E-state index is 0.190. The van der Waals surface area contributed by atoms with Crippen molar-refractivity contribution < 1.29 is 14.6 Å². The van der Waals surface area contributed by atoms with Gasteiger partial charge in [0.25, 0.3) is 0 Å². The number of rotatable bonds is 6. The molecule has 6 heteroatoms. The number of unbranched alkanes of at least 4 members (excludes halogenated alkanes) is 1. The first-order chi connectivity index (χ1) is 9.67. The van der Waals surface area contributed by atoms with Crippen LogP contribution in [0.1, 0.15) is 30.3 Å². The molecule has 2 aromatic rings. The Morgan fingerprint density at radius 3 is 3.00 bits per heavy atom. The maximum absolute atomic E-state index is 11.7. The van der Waals surface area contributed by atoms with Crippen LogP contribution in [0.25, 0.3) is 10.9 Å². The van der Waals surface area contributed by atoms with Crippen molar-refractivity contribution in [3.05, 3.63) is 28.6 Å². The van der Waals surface area contributed by atoms with Crippen molar-refractivity contribution in [2.45, 2.75) is 26.3 Å². The Balaban J connectivity index is 2.33. The summed E-state index contributed by atoms with van der Waals surface area (Å²) in [6, 6.07) is 1.75. The summed E-state index contributed by atoms with van der Waals surface area (Å²) in [6.07, 6.45) is 5.28. The predicted octanol–water partition coefficient (Wildman–Crippen LogP) is 2.75. The molecule has 0 fully saturated rings. The molecule has 0 aromatic carbocycles. The lowest BCUT2D eigenvalue weighted by atomic mass is 10.2. The minimum atomic E-state index is -0.409. The molecule has 0 radical (unpaired) electrons. The van der Waals surface area contributed by atoms with E-state index in [0.29, 0.717) is 12.3 Å². The zero-order valence-electron chi connectivity index (χ0n) is 11.3. The van der Waals surface area contributed by atoms with Gasteiger partial charge in [-0.25, -0.2) is 9.78 Å². The van der Waals surface area contributed by atoms with Crippen molar-refractivity contribution in [1.82, 2.24) is 9.55 Å². The summed E-state index contributed by atoms with van der Waals surface area (Å²) in [5, 5.41) is 9.81. The van der Waals surface area contributed by atoms with E-state index in [4.69, 9.17) is 9.84 Å². The Morgan fingerprint density at radius 1 is 1.50 bits per heavy atom. The van der Waals surface area contributed by atoms with Gasteiger partial charge in [-0.2, -0.15) is 0 Å². The van der Waals surface area contributed by atoms with Gasteiger partial charge in [0, 0.05) is 35.4 Å². The third-order valence-corrected chi connectivity index (χ3v) is 3.64. The minimum Gasteiger partial charge on any atom is -0.461 e. The van der Waals surface area contributed by atoms with Crippen molar-refractivity contribution in [3.8, 4) is 0 Å². The summed E-state index contributed by atoms with van der Waals surface area (Å²) in [5.41, 5.74) is 1.25. The molecule has 108 valence electrons. The first-order valence-corrected chi connectivity index (χ1v) is 7.39. The summed E-state index contributed by atoms with van der Waals surface area (Å²) in [7, 11) is 0. The van der Waals surface area contributed by atoms with Crippen LogP contribution < -0.4 is 0 Å². The molecule has 2 rings (SSSR count). The number of esters is 1. The Labute approximate surface area is 125 Å². The van der Waals surface area contributed by atoms with Crippen LogP contribution in [0.15, 0.2) is 22.9 Å². The molecule has 0 saturated carbocycles. The summed E-state index contributed by atoms with van der Waals surface area (Å²) >= 11 is 3.49. The normalized spacial score (nSPS) is 10.9. The van der Waals surface area contributed by atoms with E-state index in [-0.39, 0.29) is 6.61 Å². The number of ether oxygens (including phenoxy) is 1. The zero-order chi connectivity index (χ0) is 14.5. The van der Waals surface area contributed by atoms with Gasteiger partial charge in [-0.1, -0.05) is 0 Å². The Morgan fingerprint density at radius 2 is 2.30 bits per heavy atom. The highest BCUT2D eigenvalue weighted by molar-refractivity contribution is 9.10. The SMILES string of the molecule is CCOC(=O)c1cc2c(cn1)c(Br)cn2CCCCO. The predicted molar refractivity (Wildman–Crippen MR) is 79.7 cm³/mol. The van der Waals surface area contributed by atoms with E-state index in [2.05, 4.69) is 25.5 Å². The topological polar surface area (TPSA) is 64.3 Å². The molecular weight excluding hydrogens is 324 g/mol. The Hall–Kier alpha value is -1.40. The highest BCUT2D eigenvalue weighted by Gasteiger charge is 2.13. The first kappa shape index (κ1) is 15.0.